The van der Waals surface area contributed by atoms with Crippen molar-refractivity contribution in [3.63, 3.8) is 0 Å². The third-order valence-corrected chi connectivity index (χ3v) is 15.2. The molecule has 0 bridgehead atoms. The Kier molecular flexibility index (Phi) is 12.2. The van der Waals surface area contributed by atoms with E-state index in [4.69, 9.17) is 31.0 Å². The van der Waals surface area contributed by atoms with E-state index in [0.717, 1.165) is 6.07 Å². The Morgan fingerprint density at radius 3 is 1.68 bits per heavy atom. The van der Waals surface area contributed by atoms with Crippen LogP contribution in [-0.4, -0.2) is 26.6 Å². The molecule has 3 aliphatic rings. The third-order valence-electron chi connectivity index (χ3n) is 8.53. The normalized spacial score (nSPS) is 20.8. The first-order valence-electron chi connectivity index (χ1n) is 14.1. The zero-order valence-corrected chi connectivity index (χ0v) is 26.8. The van der Waals surface area contributed by atoms with E-state index in [9.17, 15) is 13.2 Å². The second-order valence-electron chi connectivity index (χ2n) is 11.0. The molecule has 1 heterocycles. The molecule has 1 aromatic heterocycles. The van der Waals surface area contributed by atoms with E-state index in [1.54, 1.807) is 119 Å². The molecular formula is C29H39Cl3F3NPRu+. The molecule has 3 saturated carbocycles. The Morgan fingerprint density at radius 2 is 1.26 bits per heavy atom. The van der Waals surface area contributed by atoms with Crippen molar-refractivity contribution in [3.05, 3.63) is 40.5 Å². The van der Waals surface area contributed by atoms with Gasteiger partial charge in [0, 0.05) is 7.92 Å². The molecule has 214 valence electrons. The van der Waals surface area contributed by atoms with Crippen LogP contribution in [0.25, 0.3) is 10.9 Å². The van der Waals surface area contributed by atoms with Crippen LogP contribution in [0.4, 0.5) is 13.2 Å². The fourth-order valence-electron chi connectivity index (χ4n) is 6.85. The number of pyridine rings is 1. The topological polar surface area (TPSA) is 12.9 Å². The molecule has 0 spiro atoms. The van der Waals surface area contributed by atoms with Gasteiger partial charge in [0.1, 0.15) is 0 Å². The van der Waals surface area contributed by atoms with Crippen molar-refractivity contribution < 1.29 is 26.7 Å². The van der Waals surface area contributed by atoms with Gasteiger partial charge in [0.25, 0.3) is 0 Å². The molecule has 0 atom stereocenters. The fraction of sp³-hybridized carbons (Fsp3) is 0.655. The van der Waals surface area contributed by atoms with Crippen molar-refractivity contribution in [2.45, 2.75) is 119 Å². The minimum absolute atomic E-state index is 0.00419. The Morgan fingerprint density at radius 1 is 0.789 bits per heavy atom. The summed E-state index contributed by atoms with van der Waals surface area (Å²) in [6, 6.07) is 5.68. The quantitative estimate of drug-likeness (QED) is 0.229. The molecular weight excluding hydrogens is 658 g/mol. The van der Waals surface area contributed by atoms with Crippen LogP contribution in [0.1, 0.15) is 108 Å². The summed E-state index contributed by atoms with van der Waals surface area (Å²) in [6.07, 6.45) is 19.2. The average Bonchev–Trinajstić information content (AvgIpc) is 2.91. The van der Waals surface area contributed by atoms with Crippen molar-refractivity contribution in [2.24, 2.45) is 0 Å². The van der Waals surface area contributed by atoms with E-state index in [-0.39, 0.29) is 18.5 Å². The van der Waals surface area contributed by atoms with Gasteiger partial charge in [0.05, 0.1) is 17.0 Å². The summed E-state index contributed by atoms with van der Waals surface area (Å²) in [4.78, 5) is 3.63. The molecule has 9 heteroatoms. The van der Waals surface area contributed by atoms with Crippen molar-refractivity contribution in [2.75, 3.05) is 0 Å². The Balaban J connectivity index is 0.000000177. The molecule has 38 heavy (non-hydrogen) atoms. The van der Waals surface area contributed by atoms with Crippen LogP contribution in [0.3, 0.4) is 0 Å². The molecule has 5 rings (SSSR count). The van der Waals surface area contributed by atoms with Gasteiger partial charge >= 0.3 is 125 Å². The van der Waals surface area contributed by atoms with Crippen molar-refractivity contribution in [3.8, 4) is 0 Å². The van der Waals surface area contributed by atoms with Gasteiger partial charge in [-0.05, 0) is 77.0 Å². The zero-order valence-electron chi connectivity index (χ0n) is 21.8. The summed E-state index contributed by atoms with van der Waals surface area (Å²) in [6.45, 7) is 0. The van der Waals surface area contributed by atoms with Crippen molar-refractivity contribution in [1.82, 2.24) is 4.98 Å². The molecule has 0 radical (unpaired) electrons. The van der Waals surface area contributed by atoms with Gasteiger partial charge < -0.3 is 0 Å². The maximum absolute atomic E-state index is 12.7. The van der Waals surface area contributed by atoms with Crippen LogP contribution in [-0.2, 0) is 19.7 Å². The average molecular weight is 697 g/mol. The first kappa shape index (κ1) is 31.2. The SMILES string of the molecule is C1CCC([PH+](C2CCCCC2)C2CCCCC2)CC1.FC(F)(F)c1cc(Cl)c2cccc([CH]=[Ru]([Cl])[Cl])c2n1. The zero-order chi connectivity index (χ0) is 27.1. The first-order valence-corrected chi connectivity index (χ1v) is 21.7. The molecule has 0 amide bonds. The van der Waals surface area contributed by atoms with Crippen LogP contribution >= 0.6 is 38.9 Å². The van der Waals surface area contributed by atoms with Gasteiger partial charge in [-0.2, -0.15) is 0 Å². The van der Waals surface area contributed by atoms with Gasteiger partial charge in [-0.25, -0.2) is 0 Å². The van der Waals surface area contributed by atoms with Crippen LogP contribution in [0.2, 0.25) is 5.02 Å². The van der Waals surface area contributed by atoms with Crippen molar-refractivity contribution >= 4 is 54.4 Å². The van der Waals surface area contributed by atoms with E-state index in [2.05, 4.69) is 4.98 Å². The molecule has 0 unspecified atom stereocenters. The predicted molar refractivity (Wildman–Crippen MR) is 158 cm³/mol. The van der Waals surface area contributed by atoms with E-state index in [0.29, 0.717) is 10.9 Å². The number of para-hydroxylation sites is 1. The number of fused-ring (bicyclic) bond motifs is 1. The second kappa shape index (κ2) is 14.9. The number of hydrogen-bond donors (Lipinski definition) is 0. The molecule has 3 fully saturated rings. The molecule has 3 aliphatic carbocycles. The van der Waals surface area contributed by atoms with Crippen molar-refractivity contribution in [1.29, 1.82) is 0 Å². The van der Waals surface area contributed by atoms with Gasteiger partial charge in [0.15, 0.2) is 0 Å². The Bertz CT molecular complexity index is 1030. The number of halogens is 6. The summed E-state index contributed by atoms with van der Waals surface area (Å²) in [7, 11) is 11.5. The summed E-state index contributed by atoms with van der Waals surface area (Å²) in [5.41, 5.74) is 3.27. The van der Waals surface area contributed by atoms with E-state index in [1.165, 1.54) is 17.0 Å². The molecule has 1 aromatic carbocycles. The summed E-state index contributed by atoms with van der Waals surface area (Å²) in [5.74, 6) is 0. The van der Waals surface area contributed by atoms with Gasteiger partial charge in [-0.15, -0.1) is 0 Å². The summed E-state index contributed by atoms with van der Waals surface area (Å²) >= 11 is 3.70. The van der Waals surface area contributed by atoms with Crippen LogP contribution in [0.15, 0.2) is 24.3 Å². The summed E-state index contributed by atoms with van der Waals surface area (Å²) < 4.78 is 39.7. The van der Waals surface area contributed by atoms with E-state index >= 15 is 0 Å². The monoisotopic (exact) mass is 696 g/mol. The van der Waals surface area contributed by atoms with Gasteiger partial charge in [-0.1, -0.05) is 19.3 Å². The summed E-state index contributed by atoms with van der Waals surface area (Å²) in [5, 5.41) is 0.433. The molecule has 1 nitrogen and oxygen atoms in total. The van der Waals surface area contributed by atoms with E-state index < -0.39 is 25.4 Å². The molecule has 0 saturated heterocycles. The number of benzene rings is 1. The number of aromatic nitrogens is 1. The maximum atomic E-state index is 12.7. The molecule has 0 N–H and O–H groups in total. The standard InChI is InChI=1S/C18H33P.C11H5ClF3N.2ClH.Ru/c1-4-10-16(11-5-1)19(17-12-6-2-7-13-17)18-14-8-3-9-15-18;1-6-3-2-4-7-8(12)5-9(11(13,14)15)16-10(6)7;;;/h16-18H,1-15H2;1-5H;2*1H;/q;;;;+2/p-1. The van der Waals surface area contributed by atoms with Crippen LogP contribution < -0.4 is 0 Å². The van der Waals surface area contributed by atoms with E-state index in [1.807, 2.05) is 0 Å². The Labute approximate surface area is 244 Å². The first-order chi connectivity index (χ1) is 18.2. The number of hydrogen-bond acceptors (Lipinski definition) is 1. The molecule has 2 aromatic rings. The molecule has 0 aliphatic heterocycles. The van der Waals surface area contributed by atoms with Crippen LogP contribution in [0.5, 0.6) is 0 Å². The Hall–Kier alpha value is 0.213. The van der Waals surface area contributed by atoms with Gasteiger partial charge in [-0.3, -0.25) is 0 Å². The number of alkyl halides is 3. The third kappa shape index (κ3) is 8.61. The fourth-order valence-corrected chi connectivity index (χ4v) is 14.1. The number of rotatable bonds is 4. The number of nitrogens with zero attached hydrogens (tertiary/aromatic N) is 1. The van der Waals surface area contributed by atoms with Crippen LogP contribution in [0, 0.1) is 0 Å². The second-order valence-corrected chi connectivity index (χ2v) is 20.6. The minimum atomic E-state index is -4.55. The predicted octanol–water partition coefficient (Wildman–Crippen LogP) is 11.2. The van der Waals surface area contributed by atoms with Gasteiger partial charge in [0.2, 0.25) is 0 Å².